The number of esters is 1. The molecule has 0 aliphatic rings. The molecule has 0 saturated heterocycles. The van der Waals surface area contributed by atoms with Gasteiger partial charge in [0.2, 0.25) is 5.88 Å². The minimum atomic E-state index is -0.910. The Bertz CT molecular complexity index is 815. The summed E-state index contributed by atoms with van der Waals surface area (Å²) in [4.78, 5) is 27.5. The second kappa shape index (κ2) is 7.59. The van der Waals surface area contributed by atoms with Crippen LogP contribution >= 0.6 is 34.8 Å². The quantitative estimate of drug-likeness (QED) is 0.767. The SMILES string of the molecule is CC(C)(C)c1cc(NC(=O)COC(=O)c2ncc(Cl)c(Cl)c2Cl)on1. The summed E-state index contributed by atoms with van der Waals surface area (Å²) in [7, 11) is 0. The lowest BCUT2D eigenvalue weighted by atomic mass is 9.92. The van der Waals surface area contributed by atoms with Crippen LogP contribution in [-0.4, -0.2) is 28.6 Å². The van der Waals surface area contributed by atoms with Crippen LogP contribution in [0.4, 0.5) is 5.88 Å². The Hall–Kier alpha value is -1.83. The van der Waals surface area contributed by atoms with E-state index in [0.717, 1.165) is 6.20 Å². The molecule has 0 bridgehead atoms. The first-order valence-corrected chi connectivity index (χ1v) is 8.16. The number of aromatic nitrogens is 2. The van der Waals surface area contributed by atoms with Gasteiger partial charge in [-0.05, 0) is 0 Å². The average molecular weight is 407 g/mol. The smallest absolute Gasteiger partial charge is 0.359 e. The summed E-state index contributed by atoms with van der Waals surface area (Å²) in [5, 5.41) is 6.22. The Balaban J connectivity index is 1.95. The molecule has 0 atom stereocenters. The van der Waals surface area contributed by atoms with Gasteiger partial charge in [0.1, 0.15) is 0 Å². The van der Waals surface area contributed by atoms with Gasteiger partial charge in [-0.3, -0.25) is 10.1 Å². The topological polar surface area (TPSA) is 94.3 Å². The number of nitrogens with zero attached hydrogens (tertiary/aromatic N) is 2. The first-order chi connectivity index (χ1) is 11.6. The summed E-state index contributed by atoms with van der Waals surface area (Å²) in [6.07, 6.45) is 1.16. The molecule has 0 aliphatic carbocycles. The second-order valence-corrected chi connectivity index (χ2v) is 7.20. The molecular formula is C15H14Cl3N3O4. The number of ether oxygens (including phenoxy) is 1. The van der Waals surface area contributed by atoms with Crippen LogP contribution in [0.2, 0.25) is 15.1 Å². The second-order valence-electron chi connectivity index (χ2n) is 6.03. The third-order valence-corrected chi connectivity index (χ3v) is 4.23. The first-order valence-electron chi connectivity index (χ1n) is 7.03. The van der Waals surface area contributed by atoms with Gasteiger partial charge >= 0.3 is 5.97 Å². The van der Waals surface area contributed by atoms with Crippen molar-refractivity contribution in [2.24, 2.45) is 0 Å². The summed E-state index contributed by atoms with van der Waals surface area (Å²) >= 11 is 17.4. The predicted octanol–water partition coefficient (Wildman–Crippen LogP) is 4.12. The molecule has 1 amide bonds. The van der Waals surface area contributed by atoms with Crippen LogP contribution in [0.3, 0.4) is 0 Å². The van der Waals surface area contributed by atoms with Gasteiger partial charge in [-0.1, -0.05) is 60.7 Å². The van der Waals surface area contributed by atoms with Crippen LogP contribution in [0.15, 0.2) is 16.8 Å². The lowest BCUT2D eigenvalue weighted by Crippen LogP contribution is -2.21. The van der Waals surface area contributed by atoms with Crippen molar-refractivity contribution in [3.05, 3.63) is 38.7 Å². The Morgan fingerprint density at radius 2 is 1.92 bits per heavy atom. The highest BCUT2D eigenvalue weighted by Crippen LogP contribution is 2.31. The van der Waals surface area contributed by atoms with Crippen molar-refractivity contribution < 1.29 is 18.8 Å². The Morgan fingerprint density at radius 3 is 2.52 bits per heavy atom. The third-order valence-electron chi connectivity index (χ3n) is 2.99. The van der Waals surface area contributed by atoms with Crippen LogP contribution in [0.5, 0.6) is 0 Å². The lowest BCUT2D eigenvalue weighted by molar-refractivity contribution is -0.119. The van der Waals surface area contributed by atoms with Crippen molar-refractivity contribution in [2.45, 2.75) is 26.2 Å². The van der Waals surface area contributed by atoms with E-state index in [-0.39, 0.29) is 32.1 Å². The average Bonchev–Trinajstić information content (AvgIpc) is 2.99. The number of nitrogens with one attached hydrogen (secondary N) is 1. The minimum absolute atomic E-state index is 0.0221. The van der Waals surface area contributed by atoms with Crippen molar-refractivity contribution >= 4 is 52.6 Å². The van der Waals surface area contributed by atoms with Crippen LogP contribution in [0, 0.1) is 0 Å². The molecule has 2 aromatic rings. The Morgan fingerprint density at radius 1 is 1.24 bits per heavy atom. The van der Waals surface area contributed by atoms with Crippen molar-refractivity contribution in [3.8, 4) is 0 Å². The molecule has 2 heterocycles. The highest BCUT2D eigenvalue weighted by Gasteiger charge is 2.21. The molecular weight excluding hydrogens is 393 g/mol. The van der Waals surface area contributed by atoms with Crippen molar-refractivity contribution in [1.82, 2.24) is 10.1 Å². The van der Waals surface area contributed by atoms with E-state index in [1.807, 2.05) is 20.8 Å². The summed E-state index contributed by atoms with van der Waals surface area (Å²) < 4.78 is 9.86. The third kappa shape index (κ3) is 4.84. The van der Waals surface area contributed by atoms with E-state index in [9.17, 15) is 9.59 Å². The normalized spacial score (nSPS) is 11.3. The van der Waals surface area contributed by atoms with E-state index < -0.39 is 18.5 Å². The summed E-state index contributed by atoms with van der Waals surface area (Å²) in [5.74, 6) is -1.37. The van der Waals surface area contributed by atoms with E-state index in [1.165, 1.54) is 0 Å². The zero-order valence-electron chi connectivity index (χ0n) is 13.5. The number of amides is 1. The van der Waals surface area contributed by atoms with E-state index in [2.05, 4.69) is 15.5 Å². The summed E-state index contributed by atoms with van der Waals surface area (Å²) in [6, 6.07) is 1.59. The molecule has 2 aromatic heterocycles. The molecule has 1 N–H and O–H groups in total. The fourth-order valence-corrected chi connectivity index (χ4v) is 2.20. The van der Waals surface area contributed by atoms with E-state index in [4.69, 9.17) is 44.1 Å². The molecule has 0 aliphatic heterocycles. The molecule has 10 heteroatoms. The molecule has 0 spiro atoms. The number of carbonyl (C=O) groups excluding carboxylic acids is 2. The van der Waals surface area contributed by atoms with Gasteiger partial charge in [-0.25, -0.2) is 9.78 Å². The standard InChI is InChI=1S/C15H14Cl3N3O4/c1-15(2,3)8-4-10(25-21-8)20-9(22)6-24-14(23)13-12(18)11(17)7(16)5-19-13/h4-5H,6H2,1-3H3,(H,20,22). The molecule has 0 fully saturated rings. The number of carbonyl (C=O) groups is 2. The van der Waals surface area contributed by atoms with Gasteiger partial charge < -0.3 is 9.26 Å². The number of rotatable bonds is 4. The maximum absolute atomic E-state index is 11.9. The van der Waals surface area contributed by atoms with Crippen LogP contribution in [-0.2, 0) is 14.9 Å². The van der Waals surface area contributed by atoms with E-state index in [1.54, 1.807) is 6.07 Å². The molecule has 0 saturated carbocycles. The molecule has 2 rings (SSSR count). The number of pyridine rings is 1. The minimum Gasteiger partial charge on any atom is -0.451 e. The number of hydrogen-bond acceptors (Lipinski definition) is 6. The van der Waals surface area contributed by atoms with Crippen molar-refractivity contribution in [1.29, 1.82) is 0 Å². The molecule has 0 aromatic carbocycles. The summed E-state index contributed by atoms with van der Waals surface area (Å²) in [5.41, 5.74) is 0.208. The monoisotopic (exact) mass is 405 g/mol. The summed E-state index contributed by atoms with van der Waals surface area (Å²) in [6.45, 7) is 5.29. The lowest BCUT2D eigenvalue weighted by Gasteiger charge is -2.12. The molecule has 0 unspecified atom stereocenters. The predicted molar refractivity (Wildman–Crippen MR) is 93.4 cm³/mol. The number of hydrogen-bond donors (Lipinski definition) is 1. The maximum Gasteiger partial charge on any atom is 0.359 e. The van der Waals surface area contributed by atoms with Crippen LogP contribution in [0.1, 0.15) is 37.0 Å². The van der Waals surface area contributed by atoms with Gasteiger partial charge in [0, 0.05) is 17.7 Å². The van der Waals surface area contributed by atoms with Gasteiger partial charge in [-0.2, -0.15) is 0 Å². The molecule has 7 nitrogen and oxygen atoms in total. The van der Waals surface area contributed by atoms with Crippen LogP contribution < -0.4 is 5.32 Å². The van der Waals surface area contributed by atoms with E-state index in [0.29, 0.717) is 5.69 Å². The fraction of sp³-hybridized carbons (Fsp3) is 0.333. The van der Waals surface area contributed by atoms with Gasteiger partial charge in [-0.15, -0.1) is 0 Å². The van der Waals surface area contributed by atoms with Crippen molar-refractivity contribution in [3.63, 3.8) is 0 Å². The number of anilines is 1. The Labute approximate surface area is 158 Å². The van der Waals surface area contributed by atoms with Gasteiger partial charge in [0.25, 0.3) is 5.91 Å². The zero-order valence-corrected chi connectivity index (χ0v) is 15.8. The van der Waals surface area contributed by atoms with Crippen LogP contribution in [0.25, 0.3) is 0 Å². The fourth-order valence-electron chi connectivity index (χ4n) is 1.65. The maximum atomic E-state index is 11.9. The zero-order chi connectivity index (χ0) is 18.8. The Kier molecular flexibility index (Phi) is 5.92. The number of halogens is 3. The van der Waals surface area contributed by atoms with E-state index >= 15 is 0 Å². The molecule has 0 radical (unpaired) electrons. The van der Waals surface area contributed by atoms with Crippen molar-refractivity contribution in [2.75, 3.05) is 11.9 Å². The molecule has 25 heavy (non-hydrogen) atoms. The van der Waals surface area contributed by atoms with Gasteiger partial charge in [0.15, 0.2) is 12.3 Å². The molecule has 134 valence electrons. The largest absolute Gasteiger partial charge is 0.451 e. The highest BCUT2D eigenvalue weighted by atomic mass is 35.5. The first kappa shape index (κ1) is 19.5. The highest BCUT2D eigenvalue weighted by molar-refractivity contribution is 6.48. The van der Waals surface area contributed by atoms with Gasteiger partial charge in [0.05, 0.1) is 20.8 Å².